The third-order valence-electron chi connectivity index (χ3n) is 1.49. The van der Waals surface area contributed by atoms with E-state index >= 15 is 0 Å². The molecule has 1 heterocycles. The first-order chi connectivity index (χ1) is 5.49. The van der Waals surface area contributed by atoms with Gasteiger partial charge in [0.15, 0.2) is 0 Å². The molecule has 0 bridgehead atoms. The Labute approximate surface area is 73.1 Å². The number of nitrogens with one attached hydrogen (secondary N) is 3. The van der Waals surface area contributed by atoms with Crippen molar-refractivity contribution < 1.29 is 8.42 Å². The van der Waals surface area contributed by atoms with Crippen LogP contribution in [0.3, 0.4) is 0 Å². The molecule has 0 saturated carbocycles. The smallest absolute Gasteiger partial charge is 0.277 e. The van der Waals surface area contributed by atoms with E-state index in [4.69, 9.17) is 0 Å². The van der Waals surface area contributed by atoms with Crippen molar-refractivity contribution in [2.45, 2.75) is 25.9 Å². The normalized spacial score (nSPS) is 19.6. The zero-order valence-electron chi connectivity index (χ0n) is 7.29. The van der Waals surface area contributed by atoms with Gasteiger partial charge in [-0.1, -0.05) is 0 Å². The van der Waals surface area contributed by atoms with Crippen LogP contribution in [0.15, 0.2) is 0 Å². The lowest BCUT2D eigenvalue weighted by Crippen LogP contribution is -2.59. The highest BCUT2D eigenvalue weighted by molar-refractivity contribution is 7.87. The maximum absolute atomic E-state index is 11.2. The van der Waals surface area contributed by atoms with Gasteiger partial charge in [0.05, 0.1) is 0 Å². The van der Waals surface area contributed by atoms with Gasteiger partial charge < -0.3 is 5.32 Å². The highest BCUT2D eigenvalue weighted by Gasteiger charge is 2.22. The number of rotatable bonds is 4. The van der Waals surface area contributed by atoms with Crippen LogP contribution in [0.4, 0.5) is 0 Å². The second kappa shape index (κ2) is 3.69. The maximum atomic E-state index is 11.2. The molecule has 3 N–H and O–H groups in total. The Hall–Kier alpha value is -0.170. The Bertz CT molecular complexity index is 233. The third kappa shape index (κ3) is 3.06. The van der Waals surface area contributed by atoms with E-state index in [-0.39, 0.29) is 12.1 Å². The topological polar surface area (TPSA) is 70.2 Å². The van der Waals surface area contributed by atoms with Crippen molar-refractivity contribution in [2.24, 2.45) is 0 Å². The summed E-state index contributed by atoms with van der Waals surface area (Å²) in [6, 6.07) is -0.00298. The molecule has 12 heavy (non-hydrogen) atoms. The molecule has 0 atom stereocenters. The highest BCUT2D eigenvalue weighted by atomic mass is 32.2. The largest absolute Gasteiger partial charge is 0.313 e. The molecular formula is C6H15N3O2S. The van der Waals surface area contributed by atoms with E-state index in [1.165, 1.54) is 0 Å². The molecule has 0 spiro atoms. The Kier molecular flexibility index (Phi) is 3.05. The molecule has 6 heteroatoms. The van der Waals surface area contributed by atoms with Crippen molar-refractivity contribution in [3.05, 3.63) is 0 Å². The van der Waals surface area contributed by atoms with Gasteiger partial charge in [0.2, 0.25) is 0 Å². The Balaban J connectivity index is 2.37. The molecule has 1 rings (SSSR count). The van der Waals surface area contributed by atoms with Crippen LogP contribution >= 0.6 is 0 Å². The van der Waals surface area contributed by atoms with Crippen LogP contribution in [0.25, 0.3) is 0 Å². The molecule has 0 aromatic heterocycles. The van der Waals surface area contributed by atoms with Crippen LogP contribution in [-0.2, 0) is 10.2 Å². The van der Waals surface area contributed by atoms with Gasteiger partial charge in [-0.05, 0) is 13.8 Å². The number of hydrogen-bond donors (Lipinski definition) is 3. The predicted molar refractivity (Wildman–Crippen MR) is 47.0 cm³/mol. The minimum Gasteiger partial charge on any atom is -0.313 e. The molecule has 0 amide bonds. The average Bonchev–Trinajstić information content (AvgIpc) is 1.76. The first-order valence-electron chi connectivity index (χ1n) is 4.00. The molecule has 72 valence electrons. The summed E-state index contributed by atoms with van der Waals surface area (Å²) in [6.07, 6.45) is 0. The molecule has 1 fully saturated rings. The lowest BCUT2D eigenvalue weighted by Gasteiger charge is -2.28. The van der Waals surface area contributed by atoms with E-state index in [2.05, 4.69) is 14.8 Å². The second-order valence-corrected chi connectivity index (χ2v) is 4.73. The van der Waals surface area contributed by atoms with Gasteiger partial charge in [0.25, 0.3) is 10.2 Å². The second-order valence-electron chi connectivity index (χ2n) is 3.25. The molecule has 0 aromatic rings. The summed E-state index contributed by atoms with van der Waals surface area (Å²) in [7, 11) is -3.28. The van der Waals surface area contributed by atoms with Gasteiger partial charge in [-0.25, -0.2) is 0 Å². The fourth-order valence-corrected chi connectivity index (χ4v) is 2.23. The van der Waals surface area contributed by atoms with Crippen molar-refractivity contribution in [2.75, 3.05) is 13.1 Å². The molecule has 0 aliphatic carbocycles. The Morgan fingerprint density at radius 1 is 1.42 bits per heavy atom. The standard InChI is InChI=1S/C6H15N3O2S/c1-5(2)8-12(10,11)9-6-3-7-4-6/h5-9H,3-4H2,1-2H3. The Morgan fingerprint density at radius 2 is 2.00 bits per heavy atom. The fraction of sp³-hybridized carbons (Fsp3) is 1.00. The lowest BCUT2D eigenvalue weighted by molar-refractivity contribution is 0.406. The van der Waals surface area contributed by atoms with Crippen LogP contribution in [0.5, 0.6) is 0 Å². The van der Waals surface area contributed by atoms with Crippen molar-refractivity contribution in [3.63, 3.8) is 0 Å². The summed E-state index contributed by atoms with van der Waals surface area (Å²) in [6.45, 7) is 5.02. The molecular weight excluding hydrogens is 178 g/mol. The molecule has 1 aliphatic heterocycles. The first-order valence-corrected chi connectivity index (χ1v) is 5.48. The van der Waals surface area contributed by atoms with Gasteiger partial charge >= 0.3 is 0 Å². The van der Waals surface area contributed by atoms with Gasteiger partial charge in [0.1, 0.15) is 0 Å². The minimum atomic E-state index is -3.28. The summed E-state index contributed by atoms with van der Waals surface area (Å²) >= 11 is 0. The summed E-state index contributed by atoms with van der Waals surface area (Å²) < 4.78 is 27.4. The van der Waals surface area contributed by atoms with Crippen LogP contribution in [0.2, 0.25) is 0 Å². The fourth-order valence-electron chi connectivity index (χ4n) is 0.936. The van der Waals surface area contributed by atoms with Crippen molar-refractivity contribution in [1.82, 2.24) is 14.8 Å². The van der Waals surface area contributed by atoms with Crippen LogP contribution < -0.4 is 14.8 Å². The van der Waals surface area contributed by atoms with Crippen molar-refractivity contribution in [3.8, 4) is 0 Å². The third-order valence-corrected chi connectivity index (χ3v) is 2.92. The first kappa shape index (κ1) is 9.91. The van der Waals surface area contributed by atoms with Gasteiger partial charge in [-0.3, -0.25) is 0 Å². The maximum Gasteiger partial charge on any atom is 0.277 e. The lowest BCUT2D eigenvalue weighted by atomic mass is 10.2. The van der Waals surface area contributed by atoms with Gasteiger partial charge in [0, 0.05) is 25.2 Å². The van der Waals surface area contributed by atoms with Gasteiger partial charge in [-0.2, -0.15) is 17.9 Å². The number of hydrogen-bond acceptors (Lipinski definition) is 3. The van der Waals surface area contributed by atoms with E-state index in [0.717, 1.165) is 13.1 Å². The Morgan fingerprint density at radius 3 is 2.33 bits per heavy atom. The van der Waals surface area contributed by atoms with Crippen LogP contribution in [-0.4, -0.2) is 33.6 Å². The quantitative estimate of drug-likeness (QED) is 0.525. The van der Waals surface area contributed by atoms with E-state index < -0.39 is 10.2 Å². The van der Waals surface area contributed by atoms with Crippen molar-refractivity contribution >= 4 is 10.2 Å². The average molecular weight is 193 g/mol. The zero-order valence-corrected chi connectivity index (χ0v) is 8.11. The molecule has 0 aromatic carbocycles. The van der Waals surface area contributed by atoms with Crippen molar-refractivity contribution in [1.29, 1.82) is 0 Å². The monoisotopic (exact) mass is 193 g/mol. The van der Waals surface area contributed by atoms with Crippen LogP contribution in [0, 0.1) is 0 Å². The van der Waals surface area contributed by atoms with Crippen LogP contribution in [0.1, 0.15) is 13.8 Å². The summed E-state index contributed by atoms with van der Waals surface area (Å²) in [4.78, 5) is 0. The van der Waals surface area contributed by atoms with E-state index in [9.17, 15) is 8.42 Å². The molecule has 5 nitrogen and oxygen atoms in total. The molecule has 1 aliphatic rings. The van der Waals surface area contributed by atoms with Gasteiger partial charge in [-0.15, -0.1) is 0 Å². The van der Waals surface area contributed by atoms with E-state index in [0.29, 0.717) is 0 Å². The van der Waals surface area contributed by atoms with E-state index in [1.807, 2.05) is 0 Å². The minimum absolute atomic E-state index is 0.0567. The summed E-state index contributed by atoms with van der Waals surface area (Å²) in [5.41, 5.74) is 0. The predicted octanol–water partition coefficient (Wildman–Crippen LogP) is -1.21. The highest BCUT2D eigenvalue weighted by Crippen LogP contribution is 1.93. The molecule has 0 radical (unpaired) electrons. The zero-order chi connectivity index (χ0) is 9.19. The summed E-state index contributed by atoms with van der Waals surface area (Å²) in [5.74, 6) is 0. The van der Waals surface area contributed by atoms with E-state index in [1.54, 1.807) is 13.8 Å². The SMILES string of the molecule is CC(C)NS(=O)(=O)NC1CNC1. The molecule has 0 unspecified atom stereocenters. The molecule has 1 saturated heterocycles. The summed E-state index contributed by atoms with van der Waals surface area (Å²) in [5, 5.41) is 2.98.